The lowest BCUT2D eigenvalue weighted by atomic mass is 9.98. The lowest BCUT2D eigenvalue weighted by molar-refractivity contribution is -0.121. The van der Waals surface area contributed by atoms with Crippen LogP contribution in [0.15, 0.2) is 42.5 Å². The van der Waals surface area contributed by atoms with Crippen LogP contribution in [0.1, 0.15) is 30.9 Å². The molecule has 0 saturated heterocycles. The molecule has 6 heteroatoms. The van der Waals surface area contributed by atoms with Gasteiger partial charge in [0.25, 0.3) is 5.91 Å². The summed E-state index contributed by atoms with van der Waals surface area (Å²) in [6, 6.07) is 11.6. The number of aryl methyl sites for hydroxylation is 1. The molecule has 0 aliphatic rings. The molecule has 0 aliphatic carbocycles. The number of rotatable bonds is 5. The second kappa shape index (κ2) is 8.58. The van der Waals surface area contributed by atoms with Crippen molar-refractivity contribution in [2.24, 2.45) is 0 Å². The number of nitrogens with one attached hydrogen (secondary N) is 2. The van der Waals surface area contributed by atoms with Gasteiger partial charge in [-0.25, -0.2) is 4.39 Å². The molecule has 132 valence electrons. The summed E-state index contributed by atoms with van der Waals surface area (Å²) in [5, 5.41) is 5.33. The van der Waals surface area contributed by atoms with Crippen LogP contribution >= 0.6 is 12.2 Å². The van der Waals surface area contributed by atoms with E-state index in [0.29, 0.717) is 17.4 Å². The van der Waals surface area contributed by atoms with E-state index in [4.69, 9.17) is 17.0 Å². The summed E-state index contributed by atoms with van der Waals surface area (Å²) in [4.78, 5) is 11.9. The highest BCUT2D eigenvalue weighted by Crippen LogP contribution is 2.23. The van der Waals surface area contributed by atoms with Crippen molar-refractivity contribution in [3.63, 3.8) is 0 Å². The quantitative estimate of drug-likeness (QED) is 0.787. The van der Waals surface area contributed by atoms with Crippen LogP contribution in [-0.2, 0) is 4.79 Å². The van der Waals surface area contributed by atoms with Gasteiger partial charge < -0.3 is 10.1 Å². The SMILES string of the molecule is Cc1cc(OCC(=O)NC(=S)Nc2cccc(F)c2)ccc1C(C)C. The first-order chi connectivity index (χ1) is 11.8. The molecule has 4 nitrogen and oxygen atoms in total. The molecular weight excluding hydrogens is 339 g/mol. The molecule has 0 aliphatic heterocycles. The van der Waals surface area contributed by atoms with Gasteiger partial charge >= 0.3 is 0 Å². The Morgan fingerprint density at radius 3 is 2.64 bits per heavy atom. The van der Waals surface area contributed by atoms with Gasteiger partial charge in [0, 0.05) is 5.69 Å². The van der Waals surface area contributed by atoms with Crippen molar-refractivity contribution in [2.75, 3.05) is 11.9 Å². The van der Waals surface area contributed by atoms with E-state index < -0.39 is 0 Å². The average molecular weight is 360 g/mol. The molecule has 0 radical (unpaired) electrons. The highest BCUT2D eigenvalue weighted by molar-refractivity contribution is 7.80. The van der Waals surface area contributed by atoms with Crippen molar-refractivity contribution in [1.29, 1.82) is 0 Å². The molecule has 25 heavy (non-hydrogen) atoms. The molecule has 0 atom stereocenters. The second-order valence-electron chi connectivity index (χ2n) is 5.97. The fourth-order valence-electron chi connectivity index (χ4n) is 2.43. The van der Waals surface area contributed by atoms with E-state index in [1.807, 2.05) is 25.1 Å². The van der Waals surface area contributed by atoms with Crippen LogP contribution in [0.4, 0.5) is 10.1 Å². The third-order valence-electron chi connectivity index (χ3n) is 3.57. The smallest absolute Gasteiger partial charge is 0.264 e. The van der Waals surface area contributed by atoms with Gasteiger partial charge in [-0.2, -0.15) is 0 Å². The van der Waals surface area contributed by atoms with Gasteiger partial charge in [-0.05, 0) is 66.5 Å². The largest absolute Gasteiger partial charge is 0.484 e. The van der Waals surface area contributed by atoms with E-state index in [1.165, 1.54) is 17.7 Å². The maximum absolute atomic E-state index is 13.1. The van der Waals surface area contributed by atoms with Crippen LogP contribution in [0, 0.1) is 12.7 Å². The first-order valence-electron chi connectivity index (χ1n) is 7.95. The summed E-state index contributed by atoms with van der Waals surface area (Å²) < 4.78 is 18.6. The van der Waals surface area contributed by atoms with Gasteiger partial charge in [0.15, 0.2) is 11.7 Å². The van der Waals surface area contributed by atoms with Crippen LogP contribution < -0.4 is 15.4 Å². The number of thiocarbonyl (C=S) groups is 1. The van der Waals surface area contributed by atoms with Gasteiger partial charge in [0.2, 0.25) is 0 Å². The zero-order chi connectivity index (χ0) is 18.4. The third-order valence-corrected chi connectivity index (χ3v) is 3.77. The minimum Gasteiger partial charge on any atom is -0.484 e. The standard InChI is InChI=1S/C19H21FN2O2S/c1-12(2)17-8-7-16(9-13(17)3)24-11-18(23)22-19(25)21-15-6-4-5-14(20)10-15/h4-10,12H,11H2,1-3H3,(H2,21,22,23,25). The van der Waals surface area contributed by atoms with E-state index in [9.17, 15) is 9.18 Å². The second-order valence-corrected chi connectivity index (χ2v) is 6.38. The van der Waals surface area contributed by atoms with Crippen LogP contribution in [0.5, 0.6) is 5.75 Å². The van der Waals surface area contributed by atoms with Crippen molar-refractivity contribution < 1.29 is 13.9 Å². The molecular formula is C19H21FN2O2S. The zero-order valence-corrected chi connectivity index (χ0v) is 15.2. The average Bonchev–Trinajstić information content (AvgIpc) is 2.52. The molecule has 2 aromatic rings. The number of amides is 1. The molecule has 0 unspecified atom stereocenters. The lowest BCUT2D eigenvalue weighted by Gasteiger charge is -2.13. The molecule has 0 heterocycles. The number of anilines is 1. The number of hydrogen-bond acceptors (Lipinski definition) is 3. The van der Waals surface area contributed by atoms with Crippen LogP contribution in [-0.4, -0.2) is 17.6 Å². The maximum Gasteiger partial charge on any atom is 0.264 e. The highest BCUT2D eigenvalue weighted by atomic mass is 32.1. The fourth-order valence-corrected chi connectivity index (χ4v) is 2.66. The van der Waals surface area contributed by atoms with Gasteiger partial charge in [-0.1, -0.05) is 26.0 Å². The lowest BCUT2D eigenvalue weighted by Crippen LogP contribution is -2.37. The molecule has 2 aromatic carbocycles. The normalized spacial score (nSPS) is 10.4. The van der Waals surface area contributed by atoms with Crippen molar-refractivity contribution in [3.8, 4) is 5.75 Å². The third kappa shape index (κ3) is 5.83. The number of benzene rings is 2. The summed E-state index contributed by atoms with van der Waals surface area (Å²) >= 11 is 5.03. The Hall–Kier alpha value is -2.47. The molecule has 0 bridgehead atoms. The van der Waals surface area contributed by atoms with Crippen LogP contribution in [0.2, 0.25) is 0 Å². The van der Waals surface area contributed by atoms with Gasteiger partial charge in [-0.15, -0.1) is 0 Å². The Kier molecular flexibility index (Phi) is 6.47. The number of carbonyl (C=O) groups excluding carboxylic acids is 1. The summed E-state index contributed by atoms with van der Waals surface area (Å²) in [6.07, 6.45) is 0. The Morgan fingerprint density at radius 2 is 2.00 bits per heavy atom. The van der Waals surface area contributed by atoms with Crippen molar-refractivity contribution >= 4 is 28.9 Å². The Morgan fingerprint density at radius 1 is 1.24 bits per heavy atom. The number of carbonyl (C=O) groups is 1. The van der Waals surface area contributed by atoms with Gasteiger partial charge in [0.05, 0.1) is 0 Å². The highest BCUT2D eigenvalue weighted by Gasteiger charge is 2.08. The maximum atomic E-state index is 13.1. The Labute approximate surface area is 152 Å². The first-order valence-corrected chi connectivity index (χ1v) is 8.35. The van der Waals surface area contributed by atoms with E-state index >= 15 is 0 Å². The van der Waals surface area contributed by atoms with Crippen molar-refractivity contribution in [3.05, 3.63) is 59.4 Å². The summed E-state index contributed by atoms with van der Waals surface area (Å²) in [5.41, 5.74) is 2.83. The zero-order valence-electron chi connectivity index (χ0n) is 14.4. The van der Waals surface area contributed by atoms with Crippen molar-refractivity contribution in [1.82, 2.24) is 5.32 Å². The van der Waals surface area contributed by atoms with Gasteiger partial charge in [-0.3, -0.25) is 10.1 Å². The molecule has 1 amide bonds. The first kappa shape index (κ1) is 18.9. The van der Waals surface area contributed by atoms with E-state index in [-0.39, 0.29) is 23.4 Å². The predicted octanol–water partition coefficient (Wildman–Crippen LogP) is 4.15. The van der Waals surface area contributed by atoms with Crippen LogP contribution in [0.3, 0.4) is 0 Å². The minimum absolute atomic E-state index is 0.0885. The molecule has 0 spiro atoms. The molecule has 2 rings (SSSR count). The van der Waals surface area contributed by atoms with E-state index in [0.717, 1.165) is 5.56 Å². The molecule has 0 saturated carbocycles. The monoisotopic (exact) mass is 360 g/mol. The minimum atomic E-state index is -0.389. The topological polar surface area (TPSA) is 50.4 Å². The Bertz CT molecular complexity index is 778. The van der Waals surface area contributed by atoms with Crippen molar-refractivity contribution in [2.45, 2.75) is 26.7 Å². The van der Waals surface area contributed by atoms with Gasteiger partial charge in [0.1, 0.15) is 11.6 Å². The summed E-state index contributed by atoms with van der Waals surface area (Å²) in [7, 11) is 0. The molecule has 0 fully saturated rings. The number of hydrogen-bond donors (Lipinski definition) is 2. The van der Waals surface area contributed by atoms with Crippen LogP contribution in [0.25, 0.3) is 0 Å². The molecule has 2 N–H and O–H groups in total. The summed E-state index contributed by atoms with van der Waals surface area (Å²) in [5.74, 6) is 0.284. The van der Waals surface area contributed by atoms with E-state index in [1.54, 1.807) is 12.1 Å². The predicted molar refractivity (Wildman–Crippen MR) is 102 cm³/mol. The number of ether oxygens (including phenoxy) is 1. The Balaban J connectivity index is 1.84. The number of halogens is 1. The molecule has 0 aromatic heterocycles. The fraction of sp³-hybridized carbons (Fsp3) is 0.263. The van der Waals surface area contributed by atoms with E-state index in [2.05, 4.69) is 24.5 Å². The summed E-state index contributed by atoms with van der Waals surface area (Å²) in [6.45, 7) is 6.11.